The van der Waals surface area contributed by atoms with Gasteiger partial charge in [-0.1, -0.05) is 57.2 Å². The van der Waals surface area contributed by atoms with E-state index in [4.69, 9.17) is 0 Å². The molecule has 110 valence electrons. The summed E-state index contributed by atoms with van der Waals surface area (Å²) in [5.41, 5.74) is 2.61. The predicted octanol–water partition coefficient (Wildman–Crippen LogP) is 3.08. The Balaban J connectivity index is 0.00000324. The van der Waals surface area contributed by atoms with E-state index in [1.54, 1.807) is 0 Å². The van der Waals surface area contributed by atoms with Crippen LogP contribution in [0.5, 0.6) is 11.5 Å². The second-order valence-electron chi connectivity index (χ2n) is 4.94. The molecule has 0 aliphatic rings. The Labute approximate surface area is 127 Å². The van der Waals surface area contributed by atoms with E-state index in [0.717, 1.165) is 56.1 Å². The maximum absolute atomic E-state index is 12.2. The summed E-state index contributed by atoms with van der Waals surface area (Å²) in [6.45, 7) is 6.25. The SMILES string of the molecule is CCCCc1c(CCC)cc(CCC)c([O-])c1[O-].[Ni+2]. The van der Waals surface area contributed by atoms with Crippen LogP contribution in [0.3, 0.4) is 0 Å². The Hall–Kier alpha value is -0.686. The second kappa shape index (κ2) is 9.25. The van der Waals surface area contributed by atoms with Crippen LogP contribution in [-0.4, -0.2) is 0 Å². The van der Waals surface area contributed by atoms with E-state index in [1.807, 2.05) is 13.0 Å². The molecule has 1 rings (SSSR count). The Morgan fingerprint density at radius 1 is 0.789 bits per heavy atom. The molecule has 0 amide bonds. The van der Waals surface area contributed by atoms with Crippen molar-refractivity contribution in [1.29, 1.82) is 0 Å². The summed E-state index contributed by atoms with van der Waals surface area (Å²) in [6, 6.07) is 1.99. The Morgan fingerprint density at radius 3 is 1.89 bits per heavy atom. The molecule has 0 fully saturated rings. The van der Waals surface area contributed by atoms with Crippen molar-refractivity contribution in [2.45, 2.75) is 65.7 Å². The Kier molecular flexibility index (Phi) is 8.92. The van der Waals surface area contributed by atoms with Crippen molar-refractivity contribution >= 4 is 0 Å². The fourth-order valence-corrected chi connectivity index (χ4v) is 2.37. The molecule has 0 atom stereocenters. The summed E-state index contributed by atoms with van der Waals surface area (Å²) in [5, 5.41) is 24.1. The molecule has 0 aromatic heterocycles. The topological polar surface area (TPSA) is 46.1 Å². The first kappa shape index (κ1) is 18.3. The molecule has 0 saturated carbocycles. The van der Waals surface area contributed by atoms with Crippen LogP contribution in [0.15, 0.2) is 6.07 Å². The number of unbranched alkanes of at least 4 members (excludes halogenated alkanes) is 1. The normalized spacial score (nSPS) is 10.3. The maximum atomic E-state index is 12.2. The molecule has 2 nitrogen and oxygen atoms in total. The zero-order valence-electron chi connectivity index (χ0n) is 12.2. The monoisotopic (exact) mass is 306 g/mol. The molecule has 0 spiro atoms. The number of rotatable bonds is 7. The van der Waals surface area contributed by atoms with Gasteiger partial charge in [0.25, 0.3) is 0 Å². The molecule has 0 bridgehead atoms. The van der Waals surface area contributed by atoms with Gasteiger partial charge in [0.2, 0.25) is 0 Å². The predicted molar refractivity (Wildman–Crippen MR) is 71.9 cm³/mol. The largest absolute Gasteiger partial charge is 2.00 e. The van der Waals surface area contributed by atoms with Crippen molar-refractivity contribution < 1.29 is 26.7 Å². The summed E-state index contributed by atoms with van der Waals surface area (Å²) in [5.74, 6) is -0.499. The van der Waals surface area contributed by atoms with Gasteiger partial charge < -0.3 is 10.2 Å². The van der Waals surface area contributed by atoms with Gasteiger partial charge in [0.15, 0.2) is 0 Å². The van der Waals surface area contributed by atoms with E-state index in [0.29, 0.717) is 5.56 Å². The zero-order chi connectivity index (χ0) is 13.5. The van der Waals surface area contributed by atoms with Crippen molar-refractivity contribution in [2.75, 3.05) is 0 Å². The molecule has 0 unspecified atom stereocenters. The first-order chi connectivity index (χ1) is 8.65. The van der Waals surface area contributed by atoms with E-state index in [2.05, 4.69) is 13.8 Å². The number of hydrogen-bond acceptors (Lipinski definition) is 2. The van der Waals surface area contributed by atoms with Crippen LogP contribution < -0.4 is 10.2 Å². The summed E-state index contributed by atoms with van der Waals surface area (Å²) in [6.07, 6.45) is 6.35. The Morgan fingerprint density at radius 2 is 1.37 bits per heavy atom. The van der Waals surface area contributed by atoms with Crippen molar-refractivity contribution in [2.24, 2.45) is 0 Å². The van der Waals surface area contributed by atoms with Gasteiger partial charge in [0.05, 0.1) is 0 Å². The second-order valence-corrected chi connectivity index (χ2v) is 4.94. The number of aryl methyl sites for hydroxylation is 2. The minimum absolute atomic E-state index is 0. The zero-order valence-corrected chi connectivity index (χ0v) is 13.1. The van der Waals surface area contributed by atoms with Crippen LogP contribution in [0.4, 0.5) is 0 Å². The summed E-state index contributed by atoms with van der Waals surface area (Å²) in [4.78, 5) is 0. The third-order valence-corrected chi connectivity index (χ3v) is 3.33. The van der Waals surface area contributed by atoms with Crippen molar-refractivity contribution in [3.63, 3.8) is 0 Å². The molecule has 19 heavy (non-hydrogen) atoms. The average Bonchev–Trinajstić information content (AvgIpc) is 2.36. The van der Waals surface area contributed by atoms with Crippen LogP contribution in [0.1, 0.15) is 63.1 Å². The molecule has 0 radical (unpaired) electrons. The maximum Gasteiger partial charge on any atom is 2.00 e. The summed E-state index contributed by atoms with van der Waals surface area (Å²) in [7, 11) is 0. The molecule has 0 aliphatic heterocycles. The average molecular weight is 307 g/mol. The molecule has 3 heteroatoms. The van der Waals surface area contributed by atoms with Crippen molar-refractivity contribution in [3.8, 4) is 11.5 Å². The molecule has 0 aliphatic carbocycles. The first-order valence-corrected chi connectivity index (χ1v) is 7.17. The van der Waals surface area contributed by atoms with E-state index in [1.165, 1.54) is 0 Å². The van der Waals surface area contributed by atoms with E-state index >= 15 is 0 Å². The van der Waals surface area contributed by atoms with Crippen molar-refractivity contribution in [1.82, 2.24) is 0 Å². The standard InChI is InChI=1S/C16H26O2.Ni/c1-4-7-10-14-12(8-5-2)11-13(9-6-3)15(17)16(14)18;/h11,17-18H,4-10H2,1-3H3;/q;+2/p-2. The molecule has 0 N–H and O–H groups in total. The number of benzene rings is 1. The smallest absolute Gasteiger partial charge is 0.873 e. The number of hydrogen-bond donors (Lipinski definition) is 0. The molecule has 1 aromatic carbocycles. The molecular weight excluding hydrogens is 283 g/mol. The van der Waals surface area contributed by atoms with Gasteiger partial charge in [-0.3, -0.25) is 0 Å². The van der Waals surface area contributed by atoms with E-state index < -0.39 is 0 Å². The fraction of sp³-hybridized carbons (Fsp3) is 0.625. The Bertz CT molecular complexity index is 389. The van der Waals surface area contributed by atoms with Crippen LogP contribution in [0.25, 0.3) is 0 Å². The minimum atomic E-state index is -0.261. The van der Waals surface area contributed by atoms with Gasteiger partial charge in [-0.2, -0.15) is 0 Å². The van der Waals surface area contributed by atoms with Crippen LogP contribution >= 0.6 is 0 Å². The van der Waals surface area contributed by atoms with Crippen LogP contribution in [-0.2, 0) is 35.8 Å². The third-order valence-electron chi connectivity index (χ3n) is 3.33. The quantitative estimate of drug-likeness (QED) is 0.727. The first-order valence-electron chi connectivity index (χ1n) is 7.17. The van der Waals surface area contributed by atoms with Gasteiger partial charge in [-0.15, -0.1) is 11.5 Å². The summed E-state index contributed by atoms with van der Waals surface area (Å²) < 4.78 is 0. The van der Waals surface area contributed by atoms with Gasteiger partial charge in [0.1, 0.15) is 0 Å². The summed E-state index contributed by atoms with van der Waals surface area (Å²) >= 11 is 0. The van der Waals surface area contributed by atoms with Gasteiger partial charge in [-0.25, -0.2) is 0 Å². The van der Waals surface area contributed by atoms with Gasteiger partial charge in [-0.05, 0) is 31.2 Å². The molecule has 0 saturated heterocycles. The van der Waals surface area contributed by atoms with Gasteiger partial charge >= 0.3 is 16.5 Å². The fourth-order valence-electron chi connectivity index (χ4n) is 2.37. The van der Waals surface area contributed by atoms with E-state index in [9.17, 15) is 10.2 Å². The molecule has 0 heterocycles. The van der Waals surface area contributed by atoms with Gasteiger partial charge in [0, 0.05) is 0 Å². The molecular formula is C16H24NiO2. The molecule has 1 aromatic rings. The minimum Gasteiger partial charge on any atom is -0.873 e. The van der Waals surface area contributed by atoms with E-state index in [-0.39, 0.29) is 28.0 Å². The van der Waals surface area contributed by atoms with Crippen LogP contribution in [0, 0.1) is 0 Å². The third kappa shape index (κ3) is 4.72. The van der Waals surface area contributed by atoms with Crippen LogP contribution in [0.2, 0.25) is 0 Å². The van der Waals surface area contributed by atoms with Crippen molar-refractivity contribution in [3.05, 3.63) is 22.8 Å².